The number of nitrogens with zero attached hydrogens (tertiary/aromatic N) is 6. The van der Waals surface area contributed by atoms with Gasteiger partial charge >= 0.3 is 0 Å². The number of aromatic nitrogens is 6. The second-order valence-corrected chi connectivity index (χ2v) is 6.62. The molecule has 0 saturated heterocycles. The topological polar surface area (TPSA) is 98.5 Å². The Balaban J connectivity index is 1.45. The van der Waals surface area contributed by atoms with Gasteiger partial charge in [0.2, 0.25) is 0 Å². The van der Waals surface area contributed by atoms with Crippen molar-refractivity contribution in [3.8, 4) is 11.1 Å². The lowest BCUT2D eigenvalue weighted by molar-refractivity contribution is 0.102. The molecule has 5 rings (SSSR count). The van der Waals surface area contributed by atoms with Gasteiger partial charge in [-0.25, -0.2) is 0 Å². The predicted octanol–water partition coefficient (Wildman–Crippen LogP) is 3.23. The smallest absolute Gasteiger partial charge is 0.256 e. The van der Waals surface area contributed by atoms with Gasteiger partial charge < -0.3 is 5.32 Å². The van der Waals surface area contributed by atoms with Gasteiger partial charge in [0.05, 0.1) is 22.7 Å². The highest BCUT2D eigenvalue weighted by molar-refractivity contribution is 6.06. The van der Waals surface area contributed by atoms with E-state index in [0.717, 1.165) is 27.5 Å². The van der Waals surface area contributed by atoms with E-state index in [0.29, 0.717) is 16.9 Å². The van der Waals surface area contributed by atoms with Gasteiger partial charge in [-0.15, -0.1) is 10.2 Å². The Labute approximate surface area is 165 Å². The van der Waals surface area contributed by atoms with Crippen LogP contribution in [0.4, 0.5) is 5.82 Å². The first kappa shape index (κ1) is 16.9. The number of fused-ring (bicyclic) bond motifs is 2. The molecule has 0 radical (unpaired) electrons. The maximum atomic E-state index is 12.6. The number of nitrogens with one attached hydrogen (secondary N) is 1. The summed E-state index contributed by atoms with van der Waals surface area (Å²) in [6, 6.07) is 12.9. The SMILES string of the molecule is Cn1cc(-c2ccc3nnc(NC(=O)c4ccc5nccnc5c4)cc3c2)cn1. The summed E-state index contributed by atoms with van der Waals surface area (Å²) in [5.41, 5.74) is 4.64. The first-order valence-corrected chi connectivity index (χ1v) is 8.94. The van der Waals surface area contributed by atoms with Crippen LogP contribution in [0.25, 0.3) is 33.1 Å². The molecule has 0 aliphatic heterocycles. The predicted molar refractivity (Wildman–Crippen MR) is 109 cm³/mol. The van der Waals surface area contributed by atoms with E-state index in [1.807, 2.05) is 31.4 Å². The van der Waals surface area contributed by atoms with E-state index in [1.165, 1.54) is 0 Å². The molecule has 0 saturated carbocycles. The van der Waals surface area contributed by atoms with Gasteiger partial charge in [0, 0.05) is 42.2 Å². The molecule has 29 heavy (non-hydrogen) atoms. The largest absolute Gasteiger partial charge is 0.305 e. The Hall–Kier alpha value is -4.20. The van der Waals surface area contributed by atoms with E-state index in [1.54, 1.807) is 47.5 Å². The molecule has 0 atom stereocenters. The van der Waals surface area contributed by atoms with Crippen molar-refractivity contribution < 1.29 is 4.79 Å². The zero-order valence-corrected chi connectivity index (χ0v) is 15.4. The molecule has 0 fully saturated rings. The van der Waals surface area contributed by atoms with Gasteiger partial charge in [-0.2, -0.15) is 5.10 Å². The fourth-order valence-corrected chi connectivity index (χ4v) is 3.15. The lowest BCUT2D eigenvalue weighted by Crippen LogP contribution is -2.13. The minimum absolute atomic E-state index is 0.283. The molecule has 8 heteroatoms. The van der Waals surface area contributed by atoms with Crippen LogP contribution >= 0.6 is 0 Å². The molecular formula is C21H15N7O. The monoisotopic (exact) mass is 381 g/mol. The Kier molecular flexibility index (Phi) is 3.94. The molecule has 0 aliphatic carbocycles. The van der Waals surface area contributed by atoms with Crippen molar-refractivity contribution in [2.75, 3.05) is 5.32 Å². The molecule has 0 aliphatic rings. The minimum atomic E-state index is -0.283. The maximum Gasteiger partial charge on any atom is 0.256 e. The molecular weight excluding hydrogens is 366 g/mol. The van der Waals surface area contributed by atoms with Crippen molar-refractivity contribution in [3.63, 3.8) is 0 Å². The van der Waals surface area contributed by atoms with E-state index in [9.17, 15) is 4.79 Å². The number of benzene rings is 2. The highest BCUT2D eigenvalue weighted by Gasteiger charge is 2.10. The molecule has 3 aromatic heterocycles. The van der Waals surface area contributed by atoms with Gasteiger partial charge in [-0.3, -0.25) is 19.4 Å². The van der Waals surface area contributed by atoms with E-state index in [2.05, 4.69) is 30.6 Å². The van der Waals surface area contributed by atoms with Crippen molar-refractivity contribution >= 4 is 33.7 Å². The van der Waals surface area contributed by atoms with Crippen LogP contribution in [0.15, 0.2) is 67.3 Å². The second-order valence-electron chi connectivity index (χ2n) is 6.62. The standard InChI is InChI=1S/C21H15N7O/c1-28-12-16(11-24-28)13-2-4-17-15(8-13)10-20(27-26-17)25-21(29)14-3-5-18-19(9-14)23-7-6-22-18/h2-12H,1H3,(H,25,27,29). The van der Waals surface area contributed by atoms with Crippen LogP contribution in [0.5, 0.6) is 0 Å². The Morgan fingerprint density at radius 3 is 2.55 bits per heavy atom. The van der Waals surface area contributed by atoms with Gasteiger partial charge in [-0.1, -0.05) is 6.07 Å². The fraction of sp³-hybridized carbons (Fsp3) is 0.0476. The molecule has 2 aromatic carbocycles. The number of aryl methyl sites for hydroxylation is 1. The Morgan fingerprint density at radius 1 is 0.897 bits per heavy atom. The van der Waals surface area contributed by atoms with Crippen LogP contribution in [0.1, 0.15) is 10.4 Å². The molecule has 3 heterocycles. The number of carbonyl (C=O) groups excluding carboxylic acids is 1. The van der Waals surface area contributed by atoms with E-state index < -0.39 is 0 Å². The van der Waals surface area contributed by atoms with Crippen LogP contribution in [0, 0.1) is 0 Å². The molecule has 5 aromatic rings. The van der Waals surface area contributed by atoms with E-state index in [-0.39, 0.29) is 5.91 Å². The maximum absolute atomic E-state index is 12.6. The summed E-state index contributed by atoms with van der Waals surface area (Å²) >= 11 is 0. The average molecular weight is 381 g/mol. The number of amides is 1. The summed E-state index contributed by atoms with van der Waals surface area (Å²) in [5, 5.41) is 16.2. The lowest BCUT2D eigenvalue weighted by atomic mass is 10.1. The third-order valence-corrected chi connectivity index (χ3v) is 4.60. The van der Waals surface area contributed by atoms with Gasteiger partial charge in [0.15, 0.2) is 5.82 Å². The number of rotatable bonds is 3. The summed E-state index contributed by atoms with van der Waals surface area (Å²) in [6.07, 6.45) is 6.97. The molecule has 0 bridgehead atoms. The normalized spacial score (nSPS) is 11.1. The quantitative estimate of drug-likeness (QED) is 0.515. The zero-order valence-electron chi connectivity index (χ0n) is 15.4. The average Bonchev–Trinajstić information content (AvgIpc) is 3.19. The zero-order chi connectivity index (χ0) is 19.8. The van der Waals surface area contributed by atoms with E-state index in [4.69, 9.17) is 0 Å². The highest BCUT2D eigenvalue weighted by Crippen LogP contribution is 2.24. The first-order valence-electron chi connectivity index (χ1n) is 8.94. The van der Waals surface area contributed by atoms with Crippen molar-refractivity contribution in [2.45, 2.75) is 0 Å². The number of hydrogen-bond acceptors (Lipinski definition) is 6. The lowest BCUT2D eigenvalue weighted by Gasteiger charge is -2.06. The number of carbonyl (C=O) groups is 1. The molecule has 140 valence electrons. The van der Waals surface area contributed by atoms with Crippen molar-refractivity contribution in [2.24, 2.45) is 7.05 Å². The number of hydrogen-bond donors (Lipinski definition) is 1. The van der Waals surface area contributed by atoms with Crippen LogP contribution in [0.3, 0.4) is 0 Å². The third kappa shape index (κ3) is 3.27. The molecule has 8 nitrogen and oxygen atoms in total. The van der Waals surface area contributed by atoms with Crippen molar-refractivity contribution in [1.82, 2.24) is 29.9 Å². The second kappa shape index (κ2) is 6.75. The van der Waals surface area contributed by atoms with Gasteiger partial charge in [0.25, 0.3) is 5.91 Å². The Bertz CT molecular complexity index is 1380. The first-order chi connectivity index (χ1) is 14.2. The van der Waals surface area contributed by atoms with E-state index >= 15 is 0 Å². The van der Waals surface area contributed by atoms with Gasteiger partial charge in [0.1, 0.15) is 0 Å². The van der Waals surface area contributed by atoms with Crippen LogP contribution in [-0.4, -0.2) is 35.9 Å². The summed E-state index contributed by atoms with van der Waals surface area (Å²) in [7, 11) is 1.88. The Morgan fingerprint density at radius 2 is 1.72 bits per heavy atom. The summed E-state index contributed by atoms with van der Waals surface area (Å²) in [5.74, 6) is 0.0969. The summed E-state index contributed by atoms with van der Waals surface area (Å²) < 4.78 is 1.75. The molecule has 0 unspecified atom stereocenters. The van der Waals surface area contributed by atoms with Crippen molar-refractivity contribution in [1.29, 1.82) is 0 Å². The van der Waals surface area contributed by atoms with Crippen LogP contribution in [0.2, 0.25) is 0 Å². The molecule has 1 amide bonds. The molecule has 1 N–H and O–H groups in total. The fourth-order valence-electron chi connectivity index (χ4n) is 3.15. The molecule has 0 spiro atoms. The van der Waals surface area contributed by atoms with Crippen LogP contribution in [-0.2, 0) is 7.05 Å². The highest BCUT2D eigenvalue weighted by atomic mass is 16.1. The van der Waals surface area contributed by atoms with Crippen LogP contribution < -0.4 is 5.32 Å². The third-order valence-electron chi connectivity index (χ3n) is 4.60. The summed E-state index contributed by atoms with van der Waals surface area (Å²) in [4.78, 5) is 21.1. The number of anilines is 1. The van der Waals surface area contributed by atoms with Gasteiger partial charge in [-0.05, 0) is 42.0 Å². The van der Waals surface area contributed by atoms with Crippen molar-refractivity contribution in [3.05, 3.63) is 72.8 Å². The summed E-state index contributed by atoms with van der Waals surface area (Å²) in [6.45, 7) is 0. The minimum Gasteiger partial charge on any atom is -0.305 e.